The summed E-state index contributed by atoms with van der Waals surface area (Å²) in [7, 11) is 3.89. The summed E-state index contributed by atoms with van der Waals surface area (Å²) >= 11 is 0. The predicted molar refractivity (Wildman–Crippen MR) is 106 cm³/mol. The Hall–Kier alpha value is -2.04. The molecule has 1 N–H and O–H groups in total. The van der Waals surface area contributed by atoms with Gasteiger partial charge in [-0.2, -0.15) is 0 Å². The summed E-state index contributed by atoms with van der Waals surface area (Å²) in [5, 5.41) is 3.03. The van der Waals surface area contributed by atoms with Crippen LogP contribution in [0.5, 0.6) is 0 Å². The van der Waals surface area contributed by atoms with Crippen LogP contribution in [0.15, 0.2) is 18.2 Å². The Balaban J connectivity index is 1.79. The molecule has 1 saturated heterocycles. The minimum Gasteiger partial charge on any atom is -0.377 e. The highest BCUT2D eigenvalue weighted by Crippen LogP contribution is 2.29. The second kappa shape index (κ2) is 8.11. The fourth-order valence-corrected chi connectivity index (χ4v) is 3.99. The Morgan fingerprint density at radius 2 is 1.73 bits per heavy atom. The second-order valence-electron chi connectivity index (χ2n) is 8.07. The number of anilines is 2. The van der Waals surface area contributed by atoms with Gasteiger partial charge in [0, 0.05) is 44.5 Å². The smallest absolute Gasteiger partial charge is 0.256 e. The van der Waals surface area contributed by atoms with E-state index in [9.17, 15) is 9.59 Å². The Morgan fingerprint density at radius 1 is 1.08 bits per heavy atom. The molecule has 0 atom stereocenters. The summed E-state index contributed by atoms with van der Waals surface area (Å²) < 4.78 is 0. The first kappa shape index (κ1) is 18.7. The number of nitrogens with one attached hydrogen (secondary N) is 1. The van der Waals surface area contributed by atoms with Crippen LogP contribution in [0.3, 0.4) is 0 Å². The first-order valence-corrected chi connectivity index (χ1v) is 9.87. The molecular formula is C21H31N3O2. The van der Waals surface area contributed by atoms with Crippen LogP contribution in [0.4, 0.5) is 11.4 Å². The number of piperidine rings is 1. The number of benzene rings is 1. The largest absolute Gasteiger partial charge is 0.377 e. The molecule has 142 valence electrons. The second-order valence-corrected chi connectivity index (χ2v) is 8.07. The molecule has 2 fully saturated rings. The predicted octanol–water partition coefficient (Wildman–Crippen LogP) is 3.75. The number of rotatable bonds is 4. The average molecular weight is 357 g/mol. The third-order valence-electron chi connectivity index (χ3n) is 5.77. The maximum Gasteiger partial charge on any atom is 0.256 e. The zero-order valence-electron chi connectivity index (χ0n) is 16.3. The monoisotopic (exact) mass is 357 g/mol. The molecule has 5 nitrogen and oxygen atoms in total. The zero-order valence-corrected chi connectivity index (χ0v) is 16.3. The van der Waals surface area contributed by atoms with Crippen molar-refractivity contribution in [3.05, 3.63) is 23.8 Å². The Kier molecular flexibility index (Phi) is 5.84. The van der Waals surface area contributed by atoms with E-state index in [1.54, 1.807) is 0 Å². The van der Waals surface area contributed by atoms with Crippen LogP contribution in [-0.2, 0) is 4.79 Å². The fourth-order valence-electron chi connectivity index (χ4n) is 3.99. The Labute approximate surface area is 156 Å². The highest BCUT2D eigenvalue weighted by Gasteiger charge is 2.26. The van der Waals surface area contributed by atoms with Crippen LogP contribution in [0.1, 0.15) is 55.8 Å². The molecule has 0 unspecified atom stereocenters. The molecule has 1 aliphatic heterocycles. The normalized spacial score (nSPS) is 18.8. The summed E-state index contributed by atoms with van der Waals surface area (Å²) in [5.74, 6) is 0.957. The lowest BCUT2D eigenvalue weighted by Gasteiger charge is -2.31. The van der Waals surface area contributed by atoms with Crippen LogP contribution >= 0.6 is 0 Å². The number of hydrogen-bond acceptors (Lipinski definition) is 3. The highest BCUT2D eigenvalue weighted by atomic mass is 16.2. The van der Waals surface area contributed by atoms with Crippen LogP contribution < -0.4 is 10.2 Å². The molecule has 2 aliphatic rings. The van der Waals surface area contributed by atoms with Gasteiger partial charge in [-0.05, 0) is 49.8 Å². The molecule has 0 bridgehead atoms. The van der Waals surface area contributed by atoms with E-state index in [1.165, 1.54) is 0 Å². The van der Waals surface area contributed by atoms with E-state index in [4.69, 9.17) is 0 Å². The number of nitrogens with zero attached hydrogens (tertiary/aromatic N) is 2. The van der Waals surface area contributed by atoms with Gasteiger partial charge in [-0.25, -0.2) is 0 Å². The van der Waals surface area contributed by atoms with Gasteiger partial charge in [0.1, 0.15) is 0 Å². The van der Waals surface area contributed by atoms with Crippen LogP contribution in [-0.4, -0.2) is 43.9 Å². The molecule has 5 heteroatoms. The third-order valence-corrected chi connectivity index (χ3v) is 5.77. The molecular weight excluding hydrogens is 326 g/mol. The van der Waals surface area contributed by atoms with Crippen LogP contribution in [0, 0.1) is 11.8 Å². The van der Waals surface area contributed by atoms with E-state index in [-0.39, 0.29) is 17.7 Å². The topological polar surface area (TPSA) is 52.7 Å². The van der Waals surface area contributed by atoms with Crippen molar-refractivity contribution in [3.63, 3.8) is 0 Å². The van der Waals surface area contributed by atoms with E-state index in [0.29, 0.717) is 11.5 Å². The third kappa shape index (κ3) is 4.19. The van der Waals surface area contributed by atoms with E-state index in [2.05, 4.69) is 12.2 Å². The summed E-state index contributed by atoms with van der Waals surface area (Å²) in [6.07, 6.45) is 6.32. The minimum atomic E-state index is 0.0672. The molecule has 1 heterocycles. The van der Waals surface area contributed by atoms with Crippen molar-refractivity contribution in [2.45, 2.75) is 45.4 Å². The zero-order chi connectivity index (χ0) is 18.7. The first-order valence-electron chi connectivity index (χ1n) is 9.87. The van der Waals surface area contributed by atoms with Crippen molar-refractivity contribution in [2.75, 3.05) is 37.4 Å². The molecule has 1 saturated carbocycles. The maximum absolute atomic E-state index is 13.1. The summed E-state index contributed by atoms with van der Waals surface area (Å²) in [6, 6.07) is 5.68. The van der Waals surface area contributed by atoms with Gasteiger partial charge in [-0.1, -0.05) is 19.8 Å². The van der Waals surface area contributed by atoms with Gasteiger partial charge < -0.3 is 15.1 Å². The molecule has 1 aromatic carbocycles. The van der Waals surface area contributed by atoms with Crippen molar-refractivity contribution in [1.82, 2.24) is 4.90 Å². The lowest BCUT2D eigenvalue weighted by molar-refractivity contribution is -0.119. The fraction of sp³-hybridized carbons (Fsp3) is 0.619. The minimum absolute atomic E-state index is 0.0672. The summed E-state index contributed by atoms with van der Waals surface area (Å²) in [6.45, 7) is 3.86. The van der Waals surface area contributed by atoms with Crippen molar-refractivity contribution in [3.8, 4) is 0 Å². The molecule has 0 radical (unpaired) electrons. The highest BCUT2D eigenvalue weighted by molar-refractivity contribution is 6.02. The molecule has 2 amide bonds. The molecule has 0 aromatic heterocycles. The van der Waals surface area contributed by atoms with E-state index in [0.717, 1.165) is 63.0 Å². The molecule has 1 aliphatic carbocycles. The van der Waals surface area contributed by atoms with Gasteiger partial charge in [-0.15, -0.1) is 0 Å². The van der Waals surface area contributed by atoms with Crippen molar-refractivity contribution in [1.29, 1.82) is 0 Å². The average Bonchev–Trinajstić information content (AvgIpc) is 3.16. The molecule has 0 spiro atoms. The van der Waals surface area contributed by atoms with Crippen molar-refractivity contribution >= 4 is 23.2 Å². The SMILES string of the molecule is CC1CCN(C(=O)c2cc(NC(=O)C3CCCC3)ccc2N(C)C)CC1. The molecule has 1 aromatic rings. The quantitative estimate of drug-likeness (QED) is 0.893. The number of hydrogen-bond donors (Lipinski definition) is 1. The Bertz CT molecular complexity index is 657. The number of carbonyl (C=O) groups is 2. The van der Waals surface area contributed by atoms with Gasteiger partial charge in [-0.3, -0.25) is 9.59 Å². The maximum atomic E-state index is 13.1. The lowest BCUT2D eigenvalue weighted by atomic mass is 9.98. The summed E-state index contributed by atoms with van der Waals surface area (Å²) in [5.41, 5.74) is 2.29. The van der Waals surface area contributed by atoms with Gasteiger partial charge in [0.2, 0.25) is 5.91 Å². The number of carbonyl (C=O) groups excluding carboxylic acids is 2. The van der Waals surface area contributed by atoms with Gasteiger partial charge in [0.05, 0.1) is 5.56 Å². The number of amides is 2. The van der Waals surface area contributed by atoms with Crippen molar-refractivity contribution in [2.24, 2.45) is 11.8 Å². The standard InChI is InChI=1S/C21H31N3O2/c1-15-10-12-24(13-11-15)21(26)18-14-17(8-9-19(18)23(2)3)22-20(25)16-6-4-5-7-16/h8-9,14-16H,4-7,10-13H2,1-3H3,(H,22,25). The van der Waals surface area contributed by atoms with Crippen LogP contribution in [0.2, 0.25) is 0 Å². The molecule has 26 heavy (non-hydrogen) atoms. The Morgan fingerprint density at radius 3 is 2.35 bits per heavy atom. The van der Waals surface area contributed by atoms with E-state index >= 15 is 0 Å². The number of likely N-dealkylation sites (tertiary alicyclic amines) is 1. The van der Waals surface area contributed by atoms with Crippen molar-refractivity contribution < 1.29 is 9.59 Å². The summed E-state index contributed by atoms with van der Waals surface area (Å²) in [4.78, 5) is 29.5. The van der Waals surface area contributed by atoms with Gasteiger partial charge in [0.25, 0.3) is 5.91 Å². The molecule has 3 rings (SSSR count). The van der Waals surface area contributed by atoms with E-state index in [1.807, 2.05) is 42.1 Å². The van der Waals surface area contributed by atoms with E-state index < -0.39 is 0 Å². The first-order chi connectivity index (χ1) is 12.5. The lowest BCUT2D eigenvalue weighted by Crippen LogP contribution is -2.38. The van der Waals surface area contributed by atoms with Gasteiger partial charge >= 0.3 is 0 Å². The van der Waals surface area contributed by atoms with Gasteiger partial charge in [0.15, 0.2) is 0 Å². The van der Waals surface area contributed by atoms with Crippen LogP contribution in [0.25, 0.3) is 0 Å².